The zero-order chi connectivity index (χ0) is 21.8. The minimum atomic E-state index is -0.616. The second-order valence-electron chi connectivity index (χ2n) is 9.17. The smallest absolute Gasteiger partial charge is 0.247 e. The van der Waals surface area contributed by atoms with Gasteiger partial charge in [0.25, 0.3) is 0 Å². The Morgan fingerprint density at radius 1 is 1.26 bits per heavy atom. The molecule has 0 spiro atoms. The van der Waals surface area contributed by atoms with E-state index in [4.69, 9.17) is 0 Å². The maximum atomic E-state index is 10.5. The summed E-state index contributed by atoms with van der Waals surface area (Å²) in [7, 11) is 0. The highest BCUT2D eigenvalue weighted by molar-refractivity contribution is 5.71. The molecule has 0 radical (unpaired) electrons. The van der Waals surface area contributed by atoms with Gasteiger partial charge >= 0.3 is 0 Å². The van der Waals surface area contributed by atoms with Crippen LogP contribution in [-0.4, -0.2) is 54.7 Å². The highest BCUT2D eigenvalue weighted by Gasteiger charge is 2.38. The molecule has 0 aliphatic carbocycles. The maximum Gasteiger partial charge on any atom is 0.247 e. The molecule has 3 aromatic rings. The Balaban J connectivity index is 1.39. The predicted octanol–water partition coefficient (Wildman–Crippen LogP) is 2.63. The van der Waals surface area contributed by atoms with Gasteiger partial charge in [0.05, 0.1) is 5.60 Å². The number of nitrogens with zero attached hydrogens (tertiary/aromatic N) is 5. The molecule has 9 nitrogen and oxygen atoms in total. The lowest BCUT2D eigenvalue weighted by molar-refractivity contribution is 0.0125. The van der Waals surface area contributed by atoms with Crippen LogP contribution in [-0.2, 0) is 5.41 Å². The van der Waals surface area contributed by atoms with Crippen molar-refractivity contribution in [2.75, 3.05) is 28.6 Å². The van der Waals surface area contributed by atoms with Gasteiger partial charge in [-0.15, -0.1) is 5.10 Å². The van der Waals surface area contributed by atoms with Crippen LogP contribution in [0, 0.1) is 0 Å². The van der Waals surface area contributed by atoms with Crippen LogP contribution in [0.25, 0.3) is 5.65 Å². The monoisotopic (exact) mass is 423 g/mol. The maximum absolute atomic E-state index is 10.5. The molecule has 1 atom stereocenters. The van der Waals surface area contributed by atoms with Gasteiger partial charge in [-0.1, -0.05) is 26.8 Å². The molecule has 0 bridgehead atoms. The summed E-state index contributed by atoms with van der Waals surface area (Å²) in [4.78, 5) is 11.4. The number of aliphatic hydroxyl groups is 2. The van der Waals surface area contributed by atoms with E-state index in [1.165, 1.54) is 0 Å². The summed E-state index contributed by atoms with van der Waals surface area (Å²) in [6, 6.07) is 5.96. The van der Waals surface area contributed by atoms with Crippen molar-refractivity contribution in [1.29, 1.82) is 0 Å². The van der Waals surface area contributed by atoms with Crippen LogP contribution < -0.4 is 15.5 Å². The number of piperidine rings is 1. The lowest BCUT2D eigenvalue weighted by Gasteiger charge is -2.38. The number of hydrogen-bond acceptors (Lipinski definition) is 8. The Morgan fingerprint density at radius 2 is 2.03 bits per heavy atom. The molecule has 4 N–H and O–H groups in total. The van der Waals surface area contributed by atoms with Crippen LogP contribution in [0.4, 0.5) is 23.1 Å². The van der Waals surface area contributed by atoms with Gasteiger partial charge < -0.3 is 25.7 Å². The number of aromatic nitrogens is 4. The van der Waals surface area contributed by atoms with Crippen LogP contribution in [0.15, 0.2) is 30.6 Å². The van der Waals surface area contributed by atoms with E-state index < -0.39 is 11.8 Å². The Morgan fingerprint density at radius 3 is 2.77 bits per heavy atom. The van der Waals surface area contributed by atoms with E-state index in [9.17, 15) is 10.2 Å². The van der Waals surface area contributed by atoms with Crippen molar-refractivity contribution < 1.29 is 10.2 Å². The van der Waals surface area contributed by atoms with Crippen molar-refractivity contribution in [3.05, 3.63) is 36.2 Å². The molecule has 0 amide bonds. The van der Waals surface area contributed by atoms with Crippen molar-refractivity contribution in [2.45, 2.75) is 57.3 Å². The normalized spacial score (nSPS) is 21.7. The fourth-order valence-electron chi connectivity index (χ4n) is 4.48. The van der Waals surface area contributed by atoms with Crippen molar-refractivity contribution in [3.8, 4) is 0 Å². The van der Waals surface area contributed by atoms with Crippen molar-refractivity contribution in [2.24, 2.45) is 0 Å². The van der Waals surface area contributed by atoms with Crippen molar-refractivity contribution in [3.63, 3.8) is 0 Å². The second kappa shape index (κ2) is 7.06. The number of aliphatic hydroxyl groups excluding tert-OH is 1. The molecule has 164 valence electrons. The molecular formula is C22H29N7O2. The predicted molar refractivity (Wildman–Crippen MR) is 120 cm³/mol. The third kappa shape index (κ3) is 3.37. The average Bonchev–Trinajstić information content (AvgIpc) is 3.26. The number of rotatable bonds is 4. The number of hydrogen-bond donors (Lipinski definition) is 4. The molecule has 9 heteroatoms. The minimum absolute atomic E-state index is 0.339. The first-order valence-corrected chi connectivity index (χ1v) is 10.8. The van der Waals surface area contributed by atoms with E-state index in [2.05, 4.69) is 30.6 Å². The zero-order valence-corrected chi connectivity index (χ0v) is 18.1. The molecule has 0 saturated carbocycles. The third-order valence-electron chi connectivity index (χ3n) is 6.83. The number of benzene rings is 1. The molecule has 1 fully saturated rings. The molecule has 5 rings (SSSR count). The highest BCUT2D eigenvalue weighted by atomic mass is 16.3. The Kier molecular flexibility index (Phi) is 4.56. The summed E-state index contributed by atoms with van der Waals surface area (Å²) in [5.41, 5.74) is 2.60. The van der Waals surface area contributed by atoms with E-state index >= 15 is 0 Å². The first-order valence-electron chi connectivity index (χ1n) is 10.8. The summed E-state index contributed by atoms with van der Waals surface area (Å²) in [5, 5.41) is 31.8. The standard InChI is InChI=1S/C22H29N7O2/c1-4-22(31)7-10-28(11-8-22)17-18-26-20(27-29(18)12-9-23-17)24-14-5-6-15-16(13-14)25-19(30)21(15,2)3/h5-6,9,12-13,19,25,30-31H,4,7-8,10-11H2,1-3H3,(H,24,27). The SMILES string of the molecule is CCC1(O)CCN(c2nccn3nc(Nc4ccc5c(c4)NC(O)C5(C)C)nc23)CC1. The summed E-state index contributed by atoms with van der Waals surface area (Å²) < 4.78 is 1.73. The van der Waals surface area contributed by atoms with Crippen molar-refractivity contribution in [1.82, 2.24) is 19.6 Å². The summed E-state index contributed by atoms with van der Waals surface area (Å²) >= 11 is 0. The van der Waals surface area contributed by atoms with Gasteiger partial charge in [0, 0.05) is 42.3 Å². The molecule has 4 heterocycles. The van der Waals surface area contributed by atoms with Gasteiger partial charge in [0.2, 0.25) is 5.95 Å². The van der Waals surface area contributed by atoms with Crippen molar-refractivity contribution >= 4 is 28.8 Å². The summed E-state index contributed by atoms with van der Waals surface area (Å²) in [5.74, 6) is 1.26. The van der Waals surface area contributed by atoms with E-state index in [1.807, 2.05) is 39.0 Å². The number of anilines is 4. The molecule has 31 heavy (non-hydrogen) atoms. The molecule has 1 saturated heterocycles. The summed E-state index contributed by atoms with van der Waals surface area (Å²) in [6.45, 7) is 7.54. The quantitative estimate of drug-likeness (QED) is 0.507. The molecule has 2 aromatic heterocycles. The molecular weight excluding hydrogens is 394 g/mol. The zero-order valence-electron chi connectivity index (χ0n) is 18.1. The van der Waals surface area contributed by atoms with Crippen LogP contribution in [0.2, 0.25) is 0 Å². The Labute approximate surface area is 181 Å². The van der Waals surface area contributed by atoms with E-state index in [0.29, 0.717) is 11.6 Å². The molecule has 2 aliphatic rings. The van der Waals surface area contributed by atoms with E-state index in [-0.39, 0.29) is 5.41 Å². The van der Waals surface area contributed by atoms with E-state index in [0.717, 1.165) is 55.1 Å². The largest absolute Gasteiger partial charge is 0.390 e. The van der Waals surface area contributed by atoms with Gasteiger partial charge in [-0.05, 0) is 37.0 Å². The molecule has 1 unspecified atom stereocenters. The number of fused-ring (bicyclic) bond motifs is 2. The topological polar surface area (TPSA) is 111 Å². The first-order chi connectivity index (χ1) is 14.8. The molecule has 1 aromatic carbocycles. The second-order valence-corrected chi connectivity index (χ2v) is 9.17. The van der Waals surface area contributed by atoms with Gasteiger partial charge in [0.15, 0.2) is 11.5 Å². The Bertz CT molecular complexity index is 1120. The van der Waals surface area contributed by atoms with Crippen LogP contribution >= 0.6 is 0 Å². The van der Waals surface area contributed by atoms with Gasteiger partial charge in [-0.3, -0.25) is 0 Å². The van der Waals surface area contributed by atoms with Gasteiger partial charge in [-0.2, -0.15) is 4.98 Å². The first kappa shape index (κ1) is 20.0. The summed E-state index contributed by atoms with van der Waals surface area (Å²) in [6.07, 6.45) is 5.10. The minimum Gasteiger partial charge on any atom is -0.390 e. The fourth-order valence-corrected chi connectivity index (χ4v) is 4.48. The van der Waals surface area contributed by atoms with Crippen LogP contribution in [0.1, 0.15) is 45.6 Å². The lowest BCUT2D eigenvalue weighted by atomic mass is 9.85. The van der Waals surface area contributed by atoms with E-state index in [1.54, 1.807) is 16.9 Å². The lowest BCUT2D eigenvalue weighted by Crippen LogP contribution is -2.44. The highest BCUT2D eigenvalue weighted by Crippen LogP contribution is 2.41. The number of nitrogens with one attached hydrogen (secondary N) is 2. The van der Waals surface area contributed by atoms with Gasteiger partial charge in [-0.25, -0.2) is 9.50 Å². The van der Waals surface area contributed by atoms with Crippen LogP contribution in [0.5, 0.6) is 0 Å². The van der Waals surface area contributed by atoms with Gasteiger partial charge in [0.1, 0.15) is 6.23 Å². The fraction of sp³-hybridized carbons (Fsp3) is 0.500. The van der Waals surface area contributed by atoms with Crippen LogP contribution in [0.3, 0.4) is 0 Å². The third-order valence-corrected chi connectivity index (χ3v) is 6.83. The molecule has 2 aliphatic heterocycles. The average molecular weight is 424 g/mol. The Hall–Kier alpha value is -2.91.